The number of aromatic nitrogens is 4. The van der Waals surface area contributed by atoms with Gasteiger partial charge in [-0.3, -0.25) is 0 Å². The van der Waals surface area contributed by atoms with E-state index in [1.165, 1.54) is 12.4 Å². The van der Waals surface area contributed by atoms with Crippen molar-refractivity contribution in [2.24, 2.45) is 7.05 Å². The number of rotatable bonds is 4. The zero-order valence-corrected chi connectivity index (χ0v) is 12.8. The van der Waals surface area contributed by atoms with E-state index in [-0.39, 0.29) is 12.2 Å². The average Bonchev–Trinajstić information content (AvgIpc) is 3.02. The molecule has 0 aliphatic heterocycles. The van der Waals surface area contributed by atoms with Crippen LogP contribution in [0.4, 0.5) is 4.39 Å². The average molecular weight is 320 g/mol. The van der Waals surface area contributed by atoms with E-state index in [1.54, 1.807) is 0 Å². The van der Waals surface area contributed by atoms with Crippen LogP contribution in [0.1, 0.15) is 11.1 Å². The second-order valence-corrected chi connectivity index (χ2v) is 5.58. The maximum absolute atomic E-state index is 14.0. The fraction of sp³-hybridized carbons (Fsp3) is 0.214. The minimum absolute atomic E-state index is 0.0124. The third-order valence-electron chi connectivity index (χ3n) is 3.20. The van der Waals surface area contributed by atoms with Gasteiger partial charge in [-0.05, 0) is 29.0 Å². The molecule has 2 heterocycles. The molecule has 3 aromatic rings. The van der Waals surface area contributed by atoms with Crippen LogP contribution in [0.2, 0.25) is 0 Å². The van der Waals surface area contributed by atoms with Crippen molar-refractivity contribution >= 4 is 11.3 Å². The van der Waals surface area contributed by atoms with Gasteiger partial charge >= 0.3 is 5.69 Å². The highest BCUT2D eigenvalue weighted by Crippen LogP contribution is 2.26. The smallest absolute Gasteiger partial charge is 0.368 e. The van der Waals surface area contributed by atoms with E-state index in [9.17, 15) is 9.18 Å². The zero-order valence-electron chi connectivity index (χ0n) is 12.0. The second kappa shape index (κ2) is 5.72. The number of thiophene rings is 1. The van der Waals surface area contributed by atoms with Crippen LogP contribution in [0.15, 0.2) is 34.4 Å². The first kappa shape index (κ1) is 14.5. The zero-order chi connectivity index (χ0) is 15.7. The highest BCUT2D eigenvalue weighted by atomic mass is 32.1. The molecule has 0 radical (unpaired) electrons. The highest BCUT2D eigenvalue weighted by molar-refractivity contribution is 7.12. The molecule has 0 spiro atoms. The second-order valence-electron chi connectivity index (χ2n) is 4.72. The van der Waals surface area contributed by atoms with Crippen molar-refractivity contribution in [1.82, 2.24) is 19.8 Å². The lowest BCUT2D eigenvalue weighted by Crippen LogP contribution is -2.22. The summed E-state index contributed by atoms with van der Waals surface area (Å²) in [6.45, 7) is 1.92. The predicted molar refractivity (Wildman–Crippen MR) is 79.9 cm³/mol. The van der Waals surface area contributed by atoms with Gasteiger partial charge in [-0.15, -0.1) is 16.0 Å². The topological polar surface area (TPSA) is 61.9 Å². The van der Waals surface area contributed by atoms with Gasteiger partial charge in [0.2, 0.25) is 0 Å². The summed E-state index contributed by atoms with van der Waals surface area (Å²) in [6.07, 6.45) is 0. The molecule has 0 N–H and O–H groups in total. The monoisotopic (exact) mass is 320 g/mol. The third kappa shape index (κ3) is 2.52. The number of para-hydroxylation sites is 1. The molecule has 0 unspecified atom stereocenters. The summed E-state index contributed by atoms with van der Waals surface area (Å²) in [7, 11) is 1.49. The fourth-order valence-electron chi connectivity index (χ4n) is 1.97. The molecule has 2 aromatic heterocycles. The summed E-state index contributed by atoms with van der Waals surface area (Å²) >= 11 is 1.09. The summed E-state index contributed by atoms with van der Waals surface area (Å²) in [6, 6.07) is 7.47. The molecule has 8 heteroatoms. The molecule has 0 bridgehead atoms. The number of benzene rings is 1. The molecule has 114 valence electrons. The van der Waals surface area contributed by atoms with E-state index in [0.717, 1.165) is 26.3 Å². The summed E-state index contributed by atoms with van der Waals surface area (Å²) in [5.74, 6) is 0.247. The van der Waals surface area contributed by atoms with Crippen LogP contribution in [0.5, 0.6) is 5.75 Å². The Morgan fingerprint density at radius 2 is 2.09 bits per heavy atom. The summed E-state index contributed by atoms with van der Waals surface area (Å²) < 4.78 is 21.8. The summed E-state index contributed by atoms with van der Waals surface area (Å²) in [5.41, 5.74) is 0.811. The molecular formula is C14H13FN4O2S. The van der Waals surface area contributed by atoms with E-state index in [4.69, 9.17) is 4.74 Å². The minimum atomic E-state index is -0.431. The van der Waals surface area contributed by atoms with Crippen molar-refractivity contribution in [3.05, 3.63) is 57.1 Å². The van der Waals surface area contributed by atoms with Crippen molar-refractivity contribution in [2.45, 2.75) is 13.5 Å². The Bertz CT molecular complexity index is 868. The van der Waals surface area contributed by atoms with Gasteiger partial charge in [0.15, 0.2) is 0 Å². The maximum Gasteiger partial charge on any atom is 0.368 e. The SMILES string of the molecule is Cc1ccccc1OCc1c(F)csc1-n1nnn(C)c1=O. The number of hydrogen-bond acceptors (Lipinski definition) is 5. The Kier molecular flexibility index (Phi) is 3.76. The molecule has 0 aliphatic carbocycles. The van der Waals surface area contributed by atoms with E-state index in [2.05, 4.69) is 10.4 Å². The van der Waals surface area contributed by atoms with Gasteiger partial charge in [-0.2, -0.15) is 4.68 Å². The van der Waals surface area contributed by atoms with Crippen LogP contribution in [0.25, 0.3) is 5.00 Å². The minimum Gasteiger partial charge on any atom is -0.488 e. The Balaban J connectivity index is 1.92. The van der Waals surface area contributed by atoms with Crippen molar-refractivity contribution in [3.8, 4) is 10.8 Å². The summed E-state index contributed by atoms with van der Waals surface area (Å²) in [4.78, 5) is 11.9. The third-order valence-corrected chi connectivity index (χ3v) is 4.17. The Morgan fingerprint density at radius 1 is 1.32 bits per heavy atom. The van der Waals surface area contributed by atoms with Gasteiger partial charge < -0.3 is 4.74 Å². The molecule has 6 nitrogen and oxygen atoms in total. The van der Waals surface area contributed by atoms with E-state index in [0.29, 0.717) is 10.8 Å². The Morgan fingerprint density at radius 3 is 2.77 bits per heavy atom. The molecule has 0 amide bonds. The van der Waals surface area contributed by atoms with Crippen molar-refractivity contribution in [3.63, 3.8) is 0 Å². The van der Waals surface area contributed by atoms with Crippen LogP contribution in [0.3, 0.4) is 0 Å². The van der Waals surface area contributed by atoms with Gasteiger partial charge in [0.05, 0.1) is 5.56 Å². The lowest BCUT2D eigenvalue weighted by molar-refractivity contribution is 0.298. The normalized spacial score (nSPS) is 10.9. The first-order valence-corrected chi connectivity index (χ1v) is 7.39. The van der Waals surface area contributed by atoms with Crippen LogP contribution >= 0.6 is 11.3 Å². The number of tetrazole rings is 1. The molecule has 1 aromatic carbocycles. The van der Waals surface area contributed by atoms with E-state index >= 15 is 0 Å². The summed E-state index contributed by atoms with van der Waals surface area (Å²) in [5, 5.41) is 9.08. The number of halogens is 1. The first-order valence-electron chi connectivity index (χ1n) is 6.51. The molecule has 0 saturated heterocycles. The molecule has 22 heavy (non-hydrogen) atoms. The van der Waals surface area contributed by atoms with Crippen LogP contribution in [0, 0.1) is 12.7 Å². The fourth-order valence-corrected chi connectivity index (χ4v) is 2.84. The number of nitrogens with zero attached hydrogens (tertiary/aromatic N) is 4. The maximum atomic E-state index is 14.0. The van der Waals surface area contributed by atoms with Crippen molar-refractivity contribution in [2.75, 3.05) is 0 Å². The van der Waals surface area contributed by atoms with Crippen molar-refractivity contribution < 1.29 is 9.13 Å². The van der Waals surface area contributed by atoms with Gasteiger partial charge in [-0.1, -0.05) is 18.2 Å². The Labute approximate surface area is 129 Å². The van der Waals surface area contributed by atoms with Gasteiger partial charge in [0, 0.05) is 12.4 Å². The number of aryl methyl sites for hydroxylation is 2. The van der Waals surface area contributed by atoms with Crippen molar-refractivity contribution in [1.29, 1.82) is 0 Å². The van der Waals surface area contributed by atoms with Gasteiger partial charge in [-0.25, -0.2) is 9.18 Å². The quantitative estimate of drug-likeness (QED) is 0.738. The van der Waals surface area contributed by atoms with Gasteiger partial charge in [0.1, 0.15) is 23.2 Å². The highest BCUT2D eigenvalue weighted by Gasteiger charge is 2.18. The van der Waals surface area contributed by atoms with Crippen LogP contribution in [-0.4, -0.2) is 19.8 Å². The van der Waals surface area contributed by atoms with E-state index < -0.39 is 11.5 Å². The van der Waals surface area contributed by atoms with E-state index in [1.807, 2.05) is 31.2 Å². The lowest BCUT2D eigenvalue weighted by atomic mass is 10.2. The molecular weight excluding hydrogens is 307 g/mol. The number of ether oxygens (including phenoxy) is 1. The largest absolute Gasteiger partial charge is 0.488 e. The molecule has 0 saturated carbocycles. The molecule has 0 aliphatic rings. The lowest BCUT2D eigenvalue weighted by Gasteiger charge is -2.09. The standard InChI is InChI=1S/C14H13FN4O2S/c1-9-5-3-4-6-12(9)21-7-10-11(15)8-22-13(10)19-14(20)18(2)16-17-19/h3-6,8H,7H2,1-2H3. The van der Waals surface area contributed by atoms with Gasteiger partial charge in [0.25, 0.3) is 0 Å². The first-order chi connectivity index (χ1) is 10.6. The van der Waals surface area contributed by atoms with Crippen LogP contribution in [-0.2, 0) is 13.7 Å². The molecule has 0 fully saturated rings. The molecule has 0 atom stereocenters. The molecule has 3 rings (SSSR count). The predicted octanol–water partition coefficient (Wildman–Crippen LogP) is 2.05. The Hall–Kier alpha value is -2.48. The van der Waals surface area contributed by atoms with Crippen LogP contribution < -0.4 is 10.4 Å². The number of hydrogen-bond donors (Lipinski definition) is 0.